The molecule has 1 aliphatic rings. The maximum Gasteiger partial charge on any atom is 0.251 e. The van der Waals surface area contributed by atoms with E-state index in [1.54, 1.807) is 26.4 Å². The molecule has 5 nitrogen and oxygen atoms in total. The second-order valence-electron chi connectivity index (χ2n) is 7.03. The SMILES string of the molecule is C=CCc1cc(C(=O)NC2CCOc3c(C)cc(C)cc32)cc(OC)c1OC. The highest BCUT2D eigenvalue weighted by atomic mass is 16.5. The third kappa shape index (κ3) is 3.84. The van der Waals surface area contributed by atoms with Gasteiger partial charge in [-0.3, -0.25) is 4.79 Å². The van der Waals surface area contributed by atoms with E-state index in [4.69, 9.17) is 14.2 Å². The molecule has 0 aliphatic carbocycles. The fourth-order valence-electron chi connectivity index (χ4n) is 3.75. The number of benzene rings is 2. The van der Waals surface area contributed by atoms with Crippen molar-refractivity contribution < 1.29 is 19.0 Å². The third-order valence-corrected chi connectivity index (χ3v) is 4.96. The quantitative estimate of drug-likeness (QED) is 0.758. The number of hydrogen-bond acceptors (Lipinski definition) is 4. The van der Waals surface area contributed by atoms with Crippen LogP contribution in [0.3, 0.4) is 0 Å². The average molecular weight is 381 g/mol. The topological polar surface area (TPSA) is 56.8 Å². The molecule has 1 heterocycles. The maximum atomic E-state index is 13.0. The van der Waals surface area contributed by atoms with Crippen molar-refractivity contribution in [2.45, 2.75) is 32.7 Å². The second-order valence-corrected chi connectivity index (χ2v) is 7.03. The lowest BCUT2D eigenvalue weighted by Crippen LogP contribution is -2.32. The zero-order chi connectivity index (χ0) is 20.3. The van der Waals surface area contributed by atoms with Gasteiger partial charge in [0.05, 0.1) is 26.9 Å². The van der Waals surface area contributed by atoms with Crippen molar-refractivity contribution in [3.05, 3.63) is 64.7 Å². The molecule has 5 heteroatoms. The van der Waals surface area contributed by atoms with Crippen LogP contribution in [0.2, 0.25) is 0 Å². The Balaban J connectivity index is 1.92. The van der Waals surface area contributed by atoms with Crippen molar-refractivity contribution in [3.8, 4) is 17.2 Å². The fourth-order valence-corrected chi connectivity index (χ4v) is 3.75. The summed E-state index contributed by atoms with van der Waals surface area (Å²) in [6.07, 6.45) is 3.09. The predicted octanol–water partition coefficient (Wildman–Crippen LogP) is 4.30. The number of amides is 1. The first-order valence-corrected chi connectivity index (χ1v) is 9.39. The molecule has 3 rings (SSSR count). The highest BCUT2D eigenvalue weighted by Gasteiger charge is 2.26. The Bertz CT molecular complexity index is 904. The van der Waals surface area contributed by atoms with Crippen LogP contribution in [-0.2, 0) is 6.42 Å². The Morgan fingerprint density at radius 3 is 2.71 bits per heavy atom. The summed E-state index contributed by atoms with van der Waals surface area (Å²) < 4.78 is 16.7. The Morgan fingerprint density at radius 1 is 1.25 bits per heavy atom. The molecule has 28 heavy (non-hydrogen) atoms. The molecule has 0 bridgehead atoms. The number of allylic oxidation sites excluding steroid dienone is 1. The predicted molar refractivity (Wildman–Crippen MR) is 110 cm³/mol. The number of carbonyl (C=O) groups is 1. The molecule has 148 valence electrons. The van der Waals surface area contributed by atoms with Crippen LogP contribution in [0.5, 0.6) is 17.2 Å². The van der Waals surface area contributed by atoms with Crippen LogP contribution < -0.4 is 19.5 Å². The lowest BCUT2D eigenvalue weighted by molar-refractivity contribution is 0.0924. The minimum Gasteiger partial charge on any atom is -0.493 e. The molecule has 0 spiro atoms. The summed E-state index contributed by atoms with van der Waals surface area (Å²) in [5.41, 5.74) is 4.67. The van der Waals surface area contributed by atoms with Gasteiger partial charge in [0.25, 0.3) is 5.91 Å². The van der Waals surface area contributed by atoms with Crippen LogP contribution in [-0.4, -0.2) is 26.7 Å². The Morgan fingerprint density at radius 2 is 2.04 bits per heavy atom. The first-order chi connectivity index (χ1) is 13.5. The molecule has 1 amide bonds. The normalized spacial score (nSPS) is 15.2. The smallest absolute Gasteiger partial charge is 0.251 e. The minimum atomic E-state index is -0.150. The van der Waals surface area contributed by atoms with Gasteiger partial charge in [-0.25, -0.2) is 0 Å². The summed E-state index contributed by atoms with van der Waals surface area (Å²) in [6.45, 7) is 8.45. The number of methoxy groups -OCH3 is 2. The summed E-state index contributed by atoms with van der Waals surface area (Å²) in [5, 5.41) is 3.16. The van der Waals surface area contributed by atoms with E-state index < -0.39 is 0 Å². The van der Waals surface area contributed by atoms with E-state index in [9.17, 15) is 4.79 Å². The van der Waals surface area contributed by atoms with Gasteiger partial charge >= 0.3 is 0 Å². The van der Waals surface area contributed by atoms with Crippen molar-refractivity contribution in [1.82, 2.24) is 5.32 Å². The summed E-state index contributed by atoms with van der Waals surface area (Å²) in [7, 11) is 3.16. The zero-order valence-electron chi connectivity index (χ0n) is 16.9. The van der Waals surface area contributed by atoms with Gasteiger partial charge in [0.15, 0.2) is 11.5 Å². The summed E-state index contributed by atoms with van der Waals surface area (Å²) in [4.78, 5) is 13.0. The molecule has 1 atom stereocenters. The largest absolute Gasteiger partial charge is 0.493 e. The van der Waals surface area contributed by atoms with Gasteiger partial charge in [-0.15, -0.1) is 6.58 Å². The van der Waals surface area contributed by atoms with Crippen molar-refractivity contribution in [1.29, 1.82) is 0 Å². The van der Waals surface area contributed by atoms with Crippen molar-refractivity contribution in [2.24, 2.45) is 0 Å². The molecule has 1 unspecified atom stereocenters. The van der Waals surface area contributed by atoms with E-state index in [0.717, 1.165) is 34.4 Å². The van der Waals surface area contributed by atoms with E-state index in [1.165, 1.54) is 0 Å². The van der Waals surface area contributed by atoms with Crippen LogP contribution in [0.4, 0.5) is 0 Å². The first-order valence-electron chi connectivity index (χ1n) is 9.39. The maximum absolute atomic E-state index is 13.0. The first kappa shape index (κ1) is 19.8. The molecule has 0 saturated heterocycles. The van der Waals surface area contributed by atoms with Gasteiger partial charge in [0.2, 0.25) is 0 Å². The van der Waals surface area contributed by atoms with E-state index in [2.05, 4.69) is 31.0 Å². The minimum absolute atomic E-state index is 0.0919. The number of nitrogens with one attached hydrogen (secondary N) is 1. The molecule has 2 aromatic rings. The van der Waals surface area contributed by atoms with Crippen LogP contribution >= 0.6 is 0 Å². The van der Waals surface area contributed by atoms with E-state index >= 15 is 0 Å². The van der Waals surface area contributed by atoms with Crippen LogP contribution in [0.15, 0.2) is 36.9 Å². The van der Waals surface area contributed by atoms with Gasteiger partial charge in [-0.05, 0) is 38.0 Å². The molecule has 0 aromatic heterocycles. The highest BCUT2D eigenvalue weighted by Crippen LogP contribution is 2.37. The molecule has 0 radical (unpaired) electrons. The van der Waals surface area contributed by atoms with E-state index in [0.29, 0.717) is 30.1 Å². The number of rotatable bonds is 6. The zero-order valence-corrected chi connectivity index (χ0v) is 16.9. The van der Waals surface area contributed by atoms with Gasteiger partial charge in [-0.2, -0.15) is 0 Å². The number of carbonyl (C=O) groups excluding carboxylic acids is 1. The molecule has 2 aromatic carbocycles. The summed E-state index contributed by atoms with van der Waals surface area (Å²) >= 11 is 0. The number of hydrogen-bond donors (Lipinski definition) is 1. The number of fused-ring (bicyclic) bond motifs is 1. The van der Waals surface area contributed by atoms with Crippen molar-refractivity contribution in [3.63, 3.8) is 0 Å². The third-order valence-electron chi connectivity index (χ3n) is 4.96. The molecule has 1 N–H and O–H groups in total. The monoisotopic (exact) mass is 381 g/mol. The van der Waals surface area contributed by atoms with Crippen LogP contribution in [0, 0.1) is 13.8 Å². The van der Waals surface area contributed by atoms with Gasteiger partial charge in [-0.1, -0.05) is 23.8 Å². The lowest BCUT2D eigenvalue weighted by Gasteiger charge is -2.28. The molecular weight excluding hydrogens is 354 g/mol. The Kier molecular flexibility index (Phi) is 5.93. The lowest BCUT2D eigenvalue weighted by atomic mass is 9.95. The molecular formula is C23H27NO4. The Hall–Kier alpha value is -2.95. The van der Waals surface area contributed by atoms with E-state index in [1.807, 2.05) is 13.0 Å². The van der Waals surface area contributed by atoms with Gasteiger partial charge in [0, 0.05) is 23.1 Å². The van der Waals surface area contributed by atoms with Crippen LogP contribution in [0.25, 0.3) is 0 Å². The van der Waals surface area contributed by atoms with Crippen molar-refractivity contribution >= 4 is 5.91 Å². The molecule has 0 fully saturated rings. The van der Waals surface area contributed by atoms with E-state index in [-0.39, 0.29) is 11.9 Å². The average Bonchev–Trinajstić information content (AvgIpc) is 2.68. The van der Waals surface area contributed by atoms with Gasteiger partial charge in [0.1, 0.15) is 5.75 Å². The number of ether oxygens (including phenoxy) is 3. The Labute approximate surface area is 166 Å². The summed E-state index contributed by atoms with van der Waals surface area (Å²) in [6, 6.07) is 7.64. The molecule has 1 aliphatic heterocycles. The summed E-state index contributed by atoms with van der Waals surface area (Å²) in [5.74, 6) is 1.89. The highest BCUT2D eigenvalue weighted by molar-refractivity contribution is 5.95. The number of aryl methyl sites for hydroxylation is 2. The second kappa shape index (κ2) is 8.38. The molecule has 0 saturated carbocycles. The standard InChI is InChI=1S/C23H27NO4/c1-6-7-16-12-17(13-20(26-4)22(16)27-5)23(25)24-19-8-9-28-21-15(3)10-14(2)11-18(19)21/h6,10-13,19H,1,7-9H2,2-5H3,(H,24,25). The fraction of sp³-hybridized carbons (Fsp3) is 0.348. The van der Waals surface area contributed by atoms with Crippen molar-refractivity contribution in [2.75, 3.05) is 20.8 Å². The van der Waals surface area contributed by atoms with Crippen LogP contribution in [0.1, 0.15) is 45.1 Å². The van der Waals surface area contributed by atoms with Gasteiger partial charge < -0.3 is 19.5 Å².